The van der Waals surface area contributed by atoms with Crippen molar-refractivity contribution in [2.24, 2.45) is 7.05 Å². The molecule has 1 atom stereocenters. The molecule has 0 aliphatic carbocycles. The van der Waals surface area contributed by atoms with E-state index in [-0.39, 0.29) is 0 Å². The molecular formula is C19H23N3O4. The van der Waals surface area contributed by atoms with Gasteiger partial charge >= 0.3 is 5.97 Å². The molecule has 7 heteroatoms. The van der Waals surface area contributed by atoms with Gasteiger partial charge in [-0.05, 0) is 32.9 Å². The molecule has 0 bridgehead atoms. The van der Waals surface area contributed by atoms with E-state index in [0.29, 0.717) is 17.1 Å². The van der Waals surface area contributed by atoms with Gasteiger partial charge in [-0.2, -0.15) is 5.10 Å². The summed E-state index contributed by atoms with van der Waals surface area (Å²) in [4.78, 5) is 24.2. The highest BCUT2D eigenvalue weighted by molar-refractivity contribution is 5.97. The van der Waals surface area contributed by atoms with Gasteiger partial charge in [-0.3, -0.25) is 9.48 Å². The van der Waals surface area contributed by atoms with Crippen LogP contribution in [0.5, 0.6) is 5.75 Å². The Morgan fingerprint density at radius 1 is 1.27 bits per heavy atom. The second-order valence-electron chi connectivity index (χ2n) is 5.81. The van der Waals surface area contributed by atoms with E-state index in [4.69, 9.17) is 9.47 Å². The number of esters is 1. The van der Waals surface area contributed by atoms with Gasteiger partial charge in [0.15, 0.2) is 6.10 Å². The van der Waals surface area contributed by atoms with E-state index in [1.165, 1.54) is 13.0 Å². The molecular weight excluding hydrogens is 334 g/mol. The van der Waals surface area contributed by atoms with Crippen LogP contribution in [-0.2, 0) is 21.4 Å². The Morgan fingerprint density at radius 3 is 2.58 bits per heavy atom. The number of amides is 1. The molecule has 0 unspecified atom stereocenters. The minimum Gasteiger partial charge on any atom is -0.496 e. The van der Waals surface area contributed by atoms with E-state index in [2.05, 4.69) is 10.4 Å². The van der Waals surface area contributed by atoms with Crippen molar-refractivity contribution in [1.29, 1.82) is 0 Å². The lowest BCUT2D eigenvalue weighted by atomic mass is 10.2. The van der Waals surface area contributed by atoms with Crippen LogP contribution in [0.4, 0.5) is 5.69 Å². The summed E-state index contributed by atoms with van der Waals surface area (Å²) in [6.07, 6.45) is 1.91. The average molecular weight is 357 g/mol. The molecule has 7 nitrogen and oxygen atoms in total. The summed E-state index contributed by atoms with van der Waals surface area (Å²) >= 11 is 0. The summed E-state index contributed by atoms with van der Waals surface area (Å²) in [5, 5.41) is 6.99. The number of nitrogens with zero attached hydrogens (tertiary/aromatic N) is 2. The average Bonchev–Trinajstić information content (AvgIpc) is 2.86. The summed E-state index contributed by atoms with van der Waals surface area (Å²) in [5.41, 5.74) is 2.90. The SMILES string of the molecule is COc1ccccc1/C=C/C(=O)O[C@H](C)C(=O)Nc1c(C)nn(C)c1C. The lowest BCUT2D eigenvalue weighted by Gasteiger charge is -2.12. The molecule has 0 saturated carbocycles. The molecule has 1 aromatic heterocycles. The third-order valence-electron chi connectivity index (χ3n) is 3.96. The molecule has 1 amide bonds. The number of carbonyl (C=O) groups is 2. The highest BCUT2D eigenvalue weighted by atomic mass is 16.5. The number of anilines is 1. The first-order chi connectivity index (χ1) is 12.3. The fourth-order valence-electron chi connectivity index (χ4n) is 2.41. The molecule has 138 valence electrons. The number of para-hydroxylation sites is 1. The van der Waals surface area contributed by atoms with Crippen molar-refractivity contribution in [3.63, 3.8) is 0 Å². The number of methoxy groups -OCH3 is 1. The topological polar surface area (TPSA) is 82.4 Å². The van der Waals surface area contributed by atoms with Crippen LogP contribution in [-0.4, -0.2) is 34.9 Å². The number of carbonyl (C=O) groups excluding carboxylic acids is 2. The van der Waals surface area contributed by atoms with Crippen LogP contribution in [0.15, 0.2) is 30.3 Å². The number of hydrogen-bond acceptors (Lipinski definition) is 5. The normalized spacial score (nSPS) is 12.0. The number of ether oxygens (including phenoxy) is 2. The standard InChI is InChI=1S/C19H23N3O4/c1-12-18(13(2)22(4)21-12)20-19(24)14(3)26-17(23)11-10-15-8-6-7-9-16(15)25-5/h6-11,14H,1-5H3,(H,20,24)/b11-10+/t14-/m1/s1. The molecule has 0 aliphatic heterocycles. The first kappa shape index (κ1) is 19.2. The van der Waals surface area contributed by atoms with Gasteiger partial charge < -0.3 is 14.8 Å². The van der Waals surface area contributed by atoms with Crippen molar-refractivity contribution in [3.05, 3.63) is 47.3 Å². The highest BCUT2D eigenvalue weighted by Crippen LogP contribution is 2.20. The van der Waals surface area contributed by atoms with Crippen LogP contribution in [0.2, 0.25) is 0 Å². The summed E-state index contributed by atoms with van der Waals surface area (Å²) in [6.45, 7) is 5.17. The lowest BCUT2D eigenvalue weighted by molar-refractivity contribution is -0.148. The van der Waals surface area contributed by atoms with Gasteiger partial charge in [-0.1, -0.05) is 18.2 Å². The molecule has 1 N–H and O–H groups in total. The van der Waals surface area contributed by atoms with Gasteiger partial charge in [0.2, 0.25) is 0 Å². The Kier molecular flexibility index (Phi) is 6.16. The molecule has 0 aliphatic rings. The zero-order valence-corrected chi connectivity index (χ0v) is 15.6. The maximum absolute atomic E-state index is 12.3. The van der Waals surface area contributed by atoms with E-state index in [1.807, 2.05) is 25.1 Å². The van der Waals surface area contributed by atoms with Gasteiger partial charge in [0.1, 0.15) is 5.75 Å². The van der Waals surface area contributed by atoms with Crippen LogP contribution >= 0.6 is 0 Å². The van der Waals surface area contributed by atoms with Gasteiger partial charge in [-0.15, -0.1) is 0 Å². The van der Waals surface area contributed by atoms with Crippen molar-refractivity contribution in [2.75, 3.05) is 12.4 Å². The van der Waals surface area contributed by atoms with Crippen molar-refractivity contribution < 1.29 is 19.1 Å². The van der Waals surface area contributed by atoms with E-state index >= 15 is 0 Å². The van der Waals surface area contributed by atoms with Gasteiger partial charge in [0.05, 0.1) is 24.2 Å². The summed E-state index contributed by atoms with van der Waals surface area (Å²) < 4.78 is 12.1. The van der Waals surface area contributed by atoms with Crippen molar-refractivity contribution in [3.8, 4) is 5.75 Å². The number of aryl methyl sites for hydroxylation is 2. The highest BCUT2D eigenvalue weighted by Gasteiger charge is 2.20. The number of benzene rings is 1. The van der Waals surface area contributed by atoms with Crippen LogP contribution in [0.25, 0.3) is 6.08 Å². The van der Waals surface area contributed by atoms with Crippen LogP contribution < -0.4 is 10.1 Å². The van der Waals surface area contributed by atoms with E-state index < -0.39 is 18.0 Å². The molecule has 0 radical (unpaired) electrons. The quantitative estimate of drug-likeness (QED) is 0.635. The number of nitrogens with one attached hydrogen (secondary N) is 1. The second-order valence-corrected chi connectivity index (χ2v) is 5.81. The number of rotatable bonds is 6. The Bertz CT molecular complexity index is 839. The fourth-order valence-corrected chi connectivity index (χ4v) is 2.41. The van der Waals surface area contributed by atoms with Crippen LogP contribution in [0, 0.1) is 13.8 Å². The molecule has 2 rings (SSSR count). The van der Waals surface area contributed by atoms with E-state index in [1.54, 1.807) is 37.9 Å². The number of aromatic nitrogens is 2. The van der Waals surface area contributed by atoms with Crippen LogP contribution in [0.1, 0.15) is 23.9 Å². The third-order valence-corrected chi connectivity index (χ3v) is 3.96. The van der Waals surface area contributed by atoms with Gasteiger partial charge in [0.25, 0.3) is 5.91 Å². The minimum absolute atomic E-state index is 0.414. The predicted octanol–water partition coefficient (Wildman–Crippen LogP) is 2.63. The Hall–Kier alpha value is -3.09. The smallest absolute Gasteiger partial charge is 0.331 e. The summed E-state index contributed by atoms with van der Waals surface area (Å²) in [6, 6.07) is 7.28. The molecule has 0 fully saturated rings. The Morgan fingerprint density at radius 2 is 1.96 bits per heavy atom. The van der Waals surface area contributed by atoms with Crippen molar-refractivity contribution in [2.45, 2.75) is 26.9 Å². The number of hydrogen-bond donors (Lipinski definition) is 1. The maximum atomic E-state index is 12.3. The molecule has 0 spiro atoms. The van der Waals surface area contributed by atoms with Crippen LogP contribution in [0.3, 0.4) is 0 Å². The third kappa shape index (κ3) is 4.50. The Labute approximate surface area is 152 Å². The minimum atomic E-state index is -0.941. The first-order valence-electron chi connectivity index (χ1n) is 8.16. The van der Waals surface area contributed by atoms with E-state index in [0.717, 1.165) is 11.3 Å². The zero-order chi connectivity index (χ0) is 19.3. The molecule has 26 heavy (non-hydrogen) atoms. The fraction of sp³-hybridized carbons (Fsp3) is 0.316. The molecule has 1 aromatic carbocycles. The predicted molar refractivity (Wildman–Crippen MR) is 98.9 cm³/mol. The first-order valence-corrected chi connectivity index (χ1v) is 8.16. The van der Waals surface area contributed by atoms with Gasteiger partial charge in [-0.25, -0.2) is 4.79 Å². The summed E-state index contributed by atoms with van der Waals surface area (Å²) in [7, 11) is 3.35. The lowest BCUT2D eigenvalue weighted by Crippen LogP contribution is -2.29. The zero-order valence-electron chi connectivity index (χ0n) is 15.6. The second kappa shape index (κ2) is 8.33. The Balaban J connectivity index is 1.98. The summed E-state index contributed by atoms with van der Waals surface area (Å²) in [5.74, 6) is -0.383. The molecule has 0 saturated heterocycles. The maximum Gasteiger partial charge on any atom is 0.331 e. The van der Waals surface area contributed by atoms with Gasteiger partial charge in [0, 0.05) is 18.7 Å². The van der Waals surface area contributed by atoms with Crippen molar-refractivity contribution >= 4 is 23.6 Å². The van der Waals surface area contributed by atoms with E-state index in [9.17, 15) is 9.59 Å². The largest absolute Gasteiger partial charge is 0.496 e. The molecule has 2 aromatic rings. The molecule has 1 heterocycles. The monoisotopic (exact) mass is 357 g/mol. The van der Waals surface area contributed by atoms with Crippen molar-refractivity contribution in [1.82, 2.24) is 9.78 Å².